The van der Waals surface area contributed by atoms with Gasteiger partial charge in [-0.1, -0.05) is 13.8 Å². The summed E-state index contributed by atoms with van der Waals surface area (Å²) < 4.78 is 4.25. The van der Waals surface area contributed by atoms with Gasteiger partial charge in [0.15, 0.2) is 11.3 Å². The van der Waals surface area contributed by atoms with Gasteiger partial charge in [0.05, 0.1) is 35.0 Å². The summed E-state index contributed by atoms with van der Waals surface area (Å²) in [7, 11) is 1.87. The van der Waals surface area contributed by atoms with Crippen LogP contribution in [0, 0.1) is 0 Å². The zero-order chi connectivity index (χ0) is 22.2. The van der Waals surface area contributed by atoms with E-state index in [0.29, 0.717) is 17.6 Å². The number of hydrogen-bond acceptors (Lipinski definition) is 7. The number of aromatic amines is 2. The minimum Gasteiger partial charge on any atom is -0.343 e. The third kappa shape index (κ3) is 3.26. The molecule has 0 saturated heterocycles. The summed E-state index contributed by atoms with van der Waals surface area (Å²) in [6.07, 6.45) is 5.74. The molecule has 0 unspecified atom stereocenters. The molecule has 6 aromatic rings. The summed E-state index contributed by atoms with van der Waals surface area (Å²) in [6, 6.07) is 5.70. The van der Waals surface area contributed by atoms with Gasteiger partial charge >= 0.3 is 0 Å². The van der Waals surface area contributed by atoms with Crippen LogP contribution in [0.2, 0.25) is 0 Å². The fraction of sp³-hybridized carbons (Fsp3) is 0.238. The number of nitrogens with one attached hydrogen (secondary N) is 2. The average molecular weight is 448 g/mol. The molecule has 0 bridgehead atoms. The van der Waals surface area contributed by atoms with E-state index in [0.717, 1.165) is 37.6 Å². The molecule has 0 amide bonds. The molecule has 0 aliphatic carbocycles. The number of pyridine rings is 1. The first-order chi connectivity index (χ1) is 15.7. The third-order valence-electron chi connectivity index (χ3n) is 5.12. The molecule has 162 valence electrons. The van der Waals surface area contributed by atoms with E-state index < -0.39 is 0 Å². The second-order valence-electron chi connectivity index (χ2n) is 7.02. The van der Waals surface area contributed by atoms with Crippen LogP contribution in [0.25, 0.3) is 32.4 Å². The van der Waals surface area contributed by atoms with Crippen LogP contribution in [0.1, 0.15) is 30.2 Å². The standard InChI is InChI=1S/C19H15N9OS.C2H6/c1-27-15-12(16-18(27)25-14(30-16)6-10-4-5-22-26-10)7-23-28(19(15)29)8-11-2-3-13-17(24-11)21-9-20-13;1-2/h2-5,7,9H,6,8H2,1H3,(H,22,26)(H,20,21,24);1-2H3. The molecule has 0 aromatic carbocycles. The molecule has 0 aliphatic heterocycles. The molecule has 0 radical (unpaired) electrons. The predicted octanol–water partition coefficient (Wildman–Crippen LogP) is 3.00. The van der Waals surface area contributed by atoms with E-state index in [-0.39, 0.29) is 12.1 Å². The first kappa shape index (κ1) is 20.1. The highest BCUT2D eigenvalue weighted by molar-refractivity contribution is 7.19. The monoisotopic (exact) mass is 447 g/mol. The molecular weight excluding hydrogens is 426 g/mol. The number of rotatable bonds is 4. The van der Waals surface area contributed by atoms with Crippen LogP contribution in [-0.4, -0.2) is 44.5 Å². The highest BCUT2D eigenvalue weighted by Crippen LogP contribution is 2.31. The molecule has 6 aromatic heterocycles. The van der Waals surface area contributed by atoms with Crippen LogP contribution >= 0.6 is 11.3 Å². The molecule has 0 aliphatic rings. The van der Waals surface area contributed by atoms with E-state index in [1.54, 1.807) is 30.1 Å². The maximum absolute atomic E-state index is 13.2. The fourth-order valence-electron chi connectivity index (χ4n) is 3.67. The maximum atomic E-state index is 13.2. The van der Waals surface area contributed by atoms with Crippen LogP contribution in [0.4, 0.5) is 0 Å². The Bertz CT molecular complexity index is 1590. The number of fused-ring (bicyclic) bond motifs is 4. The van der Waals surface area contributed by atoms with Gasteiger partial charge in [-0.2, -0.15) is 10.2 Å². The van der Waals surface area contributed by atoms with Crippen molar-refractivity contribution in [3.05, 3.63) is 63.7 Å². The molecule has 6 rings (SSSR count). The lowest BCUT2D eigenvalue weighted by Gasteiger charge is -2.05. The van der Waals surface area contributed by atoms with Crippen molar-refractivity contribution in [2.45, 2.75) is 26.8 Å². The van der Waals surface area contributed by atoms with Gasteiger partial charge in [0.1, 0.15) is 10.5 Å². The largest absolute Gasteiger partial charge is 0.343 e. The van der Waals surface area contributed by atoms with E-state index in [9.17, 15) is 4.79 Å². The summed E-state index contributed by atoms with van der Waals surface area (Å²) >= 11 is 1.57. The van der Waals surface area contributed by atoms with E-state index in [1.165, 1.54) is 4.68 Å². The number of aryl methyl sites for hydroxylation is 1. The Hall–Kier alpha value is -3.86. The number of nitrogens with zero attached hydrogens (tertiary/aromatic N) is 7. The molecule has 0 fully saturated rings. The van der Waals surface area contributed by atoms with Gasteiger partial charge in [-0.3, -0.25) is 9.89 Å². The predicted molar refractivity (Wildman–Crippen MR) is 124 cm³/mol. The van der Waals surface area contributed by atoms with Gasteiger partial charge in [-0.15, -0.1) is 11.3 Å². The number of hydrogen-bond donors (Lipinski definition) is 2. The highest BCUT2D eigenvalue weighted by atomic mass is 32.1. The molecular formula is C21H21N9OS. The quantitative estimate of drug-likeness (QED) is 0.428. The van der Waals surface area contributed by atoms with Crippen molar-refractivity contribution in [3.8, 4) is 0 Å². The number of H-pyrrole nitrogens is 2. The fourth-order valence-corrected chi connectivity index (χ4v) is 4.80. The van der Waals surface area contributed by atoms with Crippen LogP contribution < -0.4 is 5.56 Å². The van der Waals surface area contributed by atoms with Crippen molar-refractivity contribution in [2.24, 2.45) is 7.05 Å². The normalized spacial score (nSPS) is 11.3. The Balaban J connectivity index is 0.00000105. The zero-order valence-corrected chi connectivity index (χ0v) is 18.6. The molecule has 0 atom stereocenters. The zero-order valence-electron chi connectivity index (χ0n) is 17.8. The second kappa shape index (κ2) is 8.00. The molecule has 0 saturated carbocycles. The lowest BCUT2D eigenvalue weighted by molar-refractivity contribution is 0.634. The van der Waals surface area contributed by atoms with Gasteiger partial charge in [0.25, 0.3) is 5.56 Å². The highest BCUT2D eigenvalue weighted by Gasteiger charge is 2.18. The number of thiazole rings is 1. The molecule has 0 spiro atoms. The molecule has 32 heavy (non-hydrogen) atoms. The van der Waals surface area contributed by atoms with Crippen LogP contribution in [0.3, 0.4) is 0 Å². The van der Waals surface area contributed by atoms with E-state index in [4.69, 9.17) is 4.98 Å². The van der Waals surface area contributed by atoms with Gasteiger partial charge in [0.2, 0.25) is 0 Å². The lowest BCUT2D eigenvalue weighted by atomic mass is 10.3. The summed E-state index contributed by atoms with van der Waals surface area (Å²) in [5, 5.41) is 13.1. The lowest BCUT2D eigenvalue weighted by Crippen LogP contribution is -2.25. The van der Waals surface area contributed by atoms with E-state index >= 15 is 0 Å². The minimum absolute atomic E-state index is 0.167. The van der Waals surface area contributed by atoms with Crippen molar-refractivity contribution >= 4 is 43.8 Å². The Morgan fingerprint density at radius 3 is 2.84 bits per heavy atom. The Morgan fingerprint density at radius 2 is 2.03 bits per heavy atom. The number of aromatic nitrogens is 9. The Morgan fingerprint density at radius 1 is 1.16 bits per heavy atom. The summed E-state index contributed by atoms with van der Waals surface area (Å²) in [5.74, 6) is 0. The van der Waals surface area contributed by atoms with Gasteiger partial charge in [-0.05, 0) is 18.2 Å². The minimum atomic E-state index is -0.167. The molecule has 6 heterocycles. The molecule has 2 N–H and O–H groups in total. The Kier molecular flexibility index (Phi) is 5.02. The van der Waals surface area contributed by atoms with E-state index in [2.05, 4.69) is 30.2 Å². The van der Waals surface area contributed by atoms with Crippen LogP contribution in [-0.2, 0) is 20.0 Å². The van der Waals surface area contributed by atoms with Gasteiger partial charge < -0.3 is 9.55 Å². The first-order valence-electron chi connectivity index (χ1n) is 10.3. The first-order valence-corrected chi connectivity index (χ1v) is 11.1. The Labute approximate surface area is 186 Å². The van der Waals surface area contributed by atoms with Crippen molar-refractivity contribution in [2.75, 3.05) is 0 Å². The maximum Gasteiger partial charge on any atom is 0.291 e. The van der Waals surface area contributed by atoms with Crippen molar-refractivity contribution in [3.63, 3.8) is 0 Å². The number of imidazole rings is 1. The summed E-state index contributed by atoms with van der Waals surface area (Å²) in [5.41, 5.74) is 4.41. The topological polar surface area (TPSA) is 123 Å². The van der Waals surface area contributed by atoms with Crippen molar-refractivity contribution in [1.29, 1.82) is 0 Å². The smallest absolute Gasteiger partial charge is 0.291 e. The van der Waals surface area contributed by atoms with Crippen molar-refractivity contribution in [1.82, 2.24) is 44.5 Å². The van der Waals surface area contributed by atoms with Gasteiger partial charge in [-0.25, -0.2) is 19.6 Å². The summed E-state index contributed by atoms with van der Waals surface area (Å²) in [4.78, 5) is 29.6. The van der Waals surface area contributed by atoms with Crippen LogP contribution in [0.5, 0.6) is 0 Å². The van der Waals surface area contributed by atoms with E-state index in [1.807, 2.05) is 43.7 Å². The summed E-state index contributed by atoms with van der Waals surface area (Å²) in [6.45, 7) is 4.27. The second-order valence-corrected chi connectivity index (χ2v) is 8.11. The average Bonchev–Trinajstić information content (AvgIpc) is 3.59. The molecule has 10 nitrogen and oxygen atoms in total. The molecule has 11 heteroatoms. The SMILES string of the molecule is CC.Cn1c2nc(Cc3ccn[nH]3)sc2c2cnn(Cc3ccc4[nH]cnc4n3)c(=O)c21. The third-order valence-corrected chi connectivity index (χ3v) is 6.20. The van der Waals surface area contributed by atoms with Crippen LogP contribution in [0.15, 0.2) is 41.7 Å². The van der Waals surface area contributed by atoms with Gasteiger partial charge in [0, 0.05) is 30.7 Å². The van der Waals surface area contributed by atoms with Crippen molar-refractivity contribution < 1.29 is 0 Å².